The van der Waals surface area contributed by atoms with Crippen LogP contribution in [0.3, 0.4) is 0 Å². The summed E-state index contributed by atoms with van der Waals surface area (Å²) in [7, 11) is 0. The molecule has 0 spiro atoms. The van der Waals surface area contributed by atoms with Gasteiger partial charge >= 0.3 is 0 Å². The van der Waals surface area contributed by atoms with E-state index in [1.165, 1.54) is 0 Å². The zero-order valence-electron chi connectivity index (χ0n) is 12.3. The predicted octanol–water partition coefficient (Wildman–Crippen LogP) is 2.42. The highest BCUT2D eigenvalue weighted by Gasteiger charge is 2.12. The maximum atomic E-state index is 5.36. The van der Waals surface area contributed by atoms with Crippen molar-refractivity contribution < 1.29 is 4.52 Å². The summed E-state index contributed by atoms with van der Waals surface area (Å²) in [6.07, 6.45) is 1.83. The number of hydrogen-bond donors (Lipinski definition) is 1. The Morgan fingerprint density at radius 2 is 2.05 bits per heavy atom. The number of rotatable bonds is 4. The summed E-state index contributed by atoms with van der Waals surface area (Å²) < 4.78 is 7.43. The summed E-state index contributed by atoms with van der Waals surface area (Å²) in [5.74, 6) is 0.853. The van der Waals surface area contributed by atoms with E-state index in [4.69, 9.17) is 4.52 Å². The second-order valence-corrected chi connectivity index (χ2v) is 5.93. The number of aryl methyl sites for hydroxylation is 1. The van der Waals surface area contributed by atoms with Gasteiger partial charge in [0.1, 0.15) is 0 Å². The fourth-order valence-electron chi connectivity index (χ4n) is 1.74. The molecule has 0 amide bonds. The molecule has 5 nitrogen and oxygen atoms in total. The van der Waals surface area contributed by atoms with Gasteiger partial charge in [-0.3, -0.25) is 0 Å². The molecule has 0 bridgehead atoms. The Balaban J connectivity index is 2.00. The molecule has 0 saturated heterocycles. The van der Waals surface area contributed by atoms with E-state index in [0.717, 1.165) is 29.4 Å². The molecule has 104 valence electrons. The van der Waals surface area contributed by atoms with Gasteiger partial charge < -0.3 is 14.4 Å². The van der Waals surface area contributed by atoms with Crippen LogP contribution in [0.5, 0.6) is 0 Å². The lowest BCUT2D eigenvalue weighted by Gasteiger charge is -2.19. The average molecular weight is 262 g/mol. The Labute approximate surface area is 114 Å². The maximum absolute atomic E-state index is 5.36. The van der Waals surface area contributed by atoms with E-state index in [9.17, 15) is 0 Å². The van der Waals surface area contributed by atoms with Crippen LogP contribution >= 0.6 is 0 Å². The zero-order valence-corrected chi connectivity index (χ0v) is 12.3. The third-order valence-electron chi connectivity index (χ3n) is 3.08. The van der Waals surface area contributed by atoms with Crippen molar-refractivity contribution in [1.82, 2.24) is 20.0 Å². The van der Waals surface area contributed by atoms with E-state index in [1.54, 1.807) is 0 Å². The Morgan fingerprint density at radius 3 is 2.63 bits per heavy atom. The second kappa shape index (κ2) is 5.17. The van der Waals surface area contributed by atoms with E-state index < -0.39 is 0 Å². The summed E-state index contributed by atoms with van der Waals surface area (Å²) in [4.78, 5) is 4.28. The minimum Gasteiger partial charge on any atom is -0.359 e. The largest absolute Gasteiger partial charge is 0.359 e. The van der Waals surface area contributed by atoms with Crippen LogP contribution in [0.1, 0.15) is 43.6 Å². The lowest BCUT2D eigenvalue weighted by atomic mass is 10.1. The highest BCUT2D eigenvalue weighted by Crippen LogP contribution is 2.11. The number of nitrogens with zero attached hydrogens (tertiary/aromatic N) is 3. The molecule has 0 aromatic carbocycles. The first-order valence-corrected chi connectivity index (χ1v) is 6.53. The van der Waals surface area contributed by atoms with Gasteiger partial charge in [-0.05, 0) is 34.6 Å². The average Bonchev–Trinajstić information content (AvgIpc) is 2.88. The van der Waals surface area contributed by atoms with E-state index >= 15 is 0 Å². The molecule has 2 heterocycles. The molecule has 0 aliphatic heterocycles. The SMILES string of the molecule is Cc1ncn(Cc2cc(CNC(C)(C)C)no2)c1C. The van der Waals surface area contributed by atoms with Gasteiger partial charge in [-0.25, -0.2) is 4.98 Å². The van der Waals surface area contributed by atoms with E-state index in [0.29, 0.717) is 6.54 Å². The Hall–Kier alpha value is -1.62. The molecular weight excluding hydrogens is 240 g/mol. The standard InChI is InChI=1S/C14H22N4O/c1-10-11(2)18(9-15-10)8-13-6-12(17-19-13)7-16-14(3,4)5/h6,9,16H,7-8H2,1-5H3. The molecule has 0 aliphatic rings. The quantitative estimate of drug-likeness (QED) is 0.919. The topological polar surface area (TPSA) is 55.9 Å². The summed E-state index contributed by atoms with van der Waals surface area (Å²) in [6, 6.07) is 1.99. The van der Waals surface area contributed by atoms with Crippen LogP contribution in [0.25, 0.3) is 0 Å². The smallest absolute Gasteiger partial charge is 0.156 e. The van der Waals surface area contributed by atoms with Crippen LogP contribution in [-0.2, 0) is 13.1 Å². The summed E-state index contributed by atoms with van der Waals surface area (Å²) in [6.45, 7) is 11.8. The van der Waals surface area contributed by atoms with Crippen molar-refractivity contribution in [1.29, 1.82) is 0 Å². The van der Waals surface area contributed by atoms with Gasteiger partial charge in [-0.15, -0.1) is 0 Å². The third kappa shape index (κ3) is 3.67. The van der Waals surface area contributed by atoms with Crippen molar-refractivity contribution in [2.75, 3.05) is 0 Å². The summed E-state index contributed by atoms with van der Waals surface area (Å²) in [5.41, 5.74) is 3.22. The van der Waals surface area contributed by atoms with Crippen LogP contribution in [0.2, 0.25) is 0 Å². The second-order valence-electron chi connectivity index (χ2n) is 5.93. The molecule has 0 aliphatic carbocycles. The minimum absolute atomic E-state index is 0.0805. The monoisotopic (exact) mass is 262 g/mol. The van der Waals surface area contributed by atoms with Crippen LogP contribution in [0.15, 0.2) is 16.9 Å². The number of aromatic nitrogens is 3. The highest BCUT2D eigenvalue weighted by atomic mass is 16.5. The third-order valence-corrected chi connectivity index (χ3v) is 3.08. The van der Waals surface area contributed by atoms with Crippen molar-refractivity contribution in [3.8, 4) is 0 Å². The number of imidazole rings is 1. The van der Waals surface area contributed by atoms with Crippen molar-refractivity contribution in [3.05, 3.63) is 35.2 Å². The molecule has 2 aromatic rings. The summed E-state index contributed by atoms with van der Waals surface area (Å²) in [5, 5.41) is 7.47. The Kier molecular flexibility index (Phi) is 3.75. The molecule has 0 radical (unpaired) electrons. The van der Waals surface area contributed by atoms with Crippen molar-refractivity contribution in [2.45, 2.75) is 53.2 Å². The normalized spacial score (nSPS) is 12.1. The van der Waals surface area contributed by atoms with Crippen molar-refractivity contribution >= 4 is 0 Å². The first-order valence-electron chi connectivity index (χ1n) is 6.53. The Morgan fingerprint density at radius 1 is 1.32 bits per heavy atom. The Bertz CT molecular complexity index is 548. The van der Waals surface area contributed by atoms with Crippen LogP contribution in [-0.4, -0.2) is 20.2 Å². The van der Waals surface area contributed by atoms with Gasteiger partial charge in [0.2, 0.25) is 0 Å². The maximum Gasteiger partial charge on any atom is 0.156 e. The van der Waals surface area contributed by atoms with E-state index in [2.05, 4.69) is 47.7 Å². The van der Waals surface area contributed by atoms with Crippen molar-refractivity contribution in [3.63, 3.8) is 0 Å². The number of nitrogens with one attached hydrogen (secondary N) is 1. The molecule has 0 saturated carbocycles. The zero-order chi connectivity index (χ0) is 14.0. The molecular formula is C14H22N4O. The van der Waals surface area contributed by atoms with Gasteiger partial charge in [0.05, 0.1) is 24.3 Å². The van der Waals surface area contributed by atoms with Gasteiger partial charge in [-0.1, -0.05) is 5.16 Å². The fraction of sp³-hybridized carbons (Fsp3) is 0.571. The van der Waals surface area contributed by atoms with Crippen LogP contribution < -0.4 is 5.32 Å². The van der Waals surface area contributed by atoms with E-state index in [-0.39, 0.29) is 5.54 Å². The molecule has 5 heteroatoms. The van der Waals surface area contributed by atoms with Gasteiger partial charge in [-0.2, -0.15) is 0 Å². The lowest BCUT2D eigenvalue weighted by molar-refractivity contribution is 0.360. The van der Waals surface area contributed by atoms with Gasteiger partial charge in [0.15, 0.2) is 5.76 Å². The fourth-order valence-corrected chi connectivity index (χ4v) is 1.74. The predicted molar refractivity (Wildman–Crippen MR) is 73.9 cm³/mol. The molecule has 2 aromatic heterocycles. The van der Waals surface area contributed by atoms with Crippen LogP contribution in [0.4, 0.5) is 0 Å². The van der Waals surface area contributed by atoms with Gasteiger partial charge in [0, 0.05) is 23.8 Å². The lowest BCUT2D eigenvalue weighted by Crippen LogP contribution is -2.35. The first kappa shape index (κ1) is 13.8. The van der Waals surface area contributed by atoms with Crippen molar-refractivity contribution in [2.24, 2.45) is 0 Å². The summed E-state index contributed by atoms with van der Waals surface area (Å²) >= 11 is 0. The van der Waals surface area contributed by atoms with E-state index in [1.807, 2.05) is 19.3 Å². The molecule has 2 rings (SSSR count). The highest BCUT2D eigenvalue weighted by molar-refractivity contribution is 5.12. The first-order chi connectivity index (χ1) is 8.85. The molecule has 0 atom stereocenters. The molecule has 19 heavy (non-hydrogen) atoms. The molecule has 0 unspecified atom stereocenters. The number of hydrogen-bond acceptors (Lipinski definition) is 4. The molecule has 0 fully saturated rings. The van der Waals surface area contributed by atoms with Crippen LogP contribution in [0, 0.1) is 13.8 Å². The van der Waals surface area contributed by atoms with Gasteiger partial charge in [0.25, 0.3) is 0 Å². The molecule has 1 N–H and O–H groups in total. The minimum atomic E-state index is 0.0805.